The predicted molar refractivity (Wildman–Crippen MR) is 117 cm³/mol. The Morgan fingerprint density at radius 1 is 1.28 bits per heavy atom. The van der Waals surface area contributed by atoms with Gasteiger partial charge in [0, 0.05) is 37.8 Å². The highest BCUT2D eigenvalue weighted by Crippen LogP contribution is 2.27. The van der Waals surface area contributed by atoms with Gasteiger partial charge in [0.2, 0.25) is 20.0 Å². The Kier molecular flexibility index (Phi) is 7.25. The molecule has 0 aliphatic carbocycles. The smallest absolute Gasteiger partial charge is 0.269 e. The second kappa shape index (κ2) is 9.43. The molecule has 0 unspecified atom stereocenters. The molecule has 0 saturated carbocycles. The van der Waals surface area contributed by atoms with E-state index in [-0.39, 0.29) is 29.6 Å². The maximum atomic E-state index is 14.4. The van der Waals surface area contributed by atoms with Crippen LogP contribution in [0.4, 0.5) is 4.39 Å². The first-order valence-corrected chi connectivity index (χ1v) is 13.3. The van der Waals surface area contributed by atoms with Crippen LogP contribution in [0.2, 0.25) is 5.02 Å². The Balaban J connectivity index is 1.62. The Hall–Kier alpha value is -2.06. The first-order chi connectivity index (χ1) is 14.9. The van der Waals surface area contributed by atoms with Crippen molar-refractivity contribution in [1.29, 1.82) is 0 Å². The fourth-order valence-electron chi connectivity index (χ4n) is 3.25. The summed E-state index contributed by atoms with van der Waals surface area (Å²) in [4.78, 5) is 18.5. The molecule has 0 bridgehead atoms. The van der Waals surface area contributed by atoms with Gasteiger partial charge in [-0.25, -0.2) is 30.5 Å². The van der Waals surface area contributed by atoms with Gasteiger partial charge in [-0.15, -0.1) is 4.83 Å². The maximum Gasteiger partial charge on any atom is 0.269 e. The average molecular weight is 508 g/mol. The number of hydrazine groups is 1. The van der Waals surface area contributed by atoms with E-state index >= 15 is 0 Å². The van der Waals surface area contributed by atoms with Gasteiger partial charge in [-0.05, 0) is 18.6 Å². The van der Waals surface area contributed by atoms with Crippen molar-refractivity contribution in [2.75, 3.05) is 24.6 Å². The first kappa shape index (κ1) is 24.6. The van der Waals surface area contributed by atoms with Crippen LogP contribution in [0.15, 0.2) is 24.7 Å². The fraction of sp³-hybridized carbons (Fsp3) is 0.444. The number of aryl methyl sites for hydroxylation is 1. The standard InChI is InChI=1S/C18H23ClFN5O5S2/c1-3-4-32(29,30)25-7-12(8-25)10-31(27,28)23-22-18(26)14-5-13(6-15(19)17(14)20)16-9-24(2)11-21-16/h5-6,9,11-12,23H,3-4,7-8,10H2,1-2H3,(H,22,26). The van der Waals surface area contributed by atoms with Crippen molar-refractivity contribution in [3.8, 4) is 11.3 Å². The minimum Gasteiger partial charge on any atom is -0.340 e. The minimum atomic E-state index is -3.98. The number of rotatable bonds is 9. The number of nitrogens with one attached hydrogen (secondary N) is 2. The zero-order chi connectivity index (χ0) is 23.7. The lowest BCUT2D eigenvalue weighted by molar-refractivity contribution is 0.0941. The summed E-state index contributed by atoms with van der Waals surface area (Å²) in [5.74, 6) is -2.82. The van der Waals surface area contributed by atoms with E-state index in [4.69, 9.17) is 11.6 Å². The monoisotopic (exact) mass is 507 g/mol. The van der Waals surface area contributed by atoms with E-state index in [1.165, 1.54) is 22.8 Å². The van der Waals surface area contributed by atoms with Gasteiger partial charge >= 0.3 is 0 Å². The van der Waals surface area contributed by atoms with Gasteiger partial charge < -0.3 is 4.57 Å². The molecular weight excluding hydrogens is 485 g/mol. The van der Waals surface area contributed by atoms with Crippen LogP contribution in [0.5, 0.6) is 0 Å². The summed E-state index contributed by atoms with van der Waals surface area (Å²) in [6.07, 6.45) is 3.64. The van der Waals surface area contributed by atoms with E-state index in [1.807, 2.05) is 10.3 Å². The van der Waals surface area contributed by atoms with Gasteiger partial charge in [0.15, 0.2) is 5.82 Å². The molecule has 176 valence electrons. The summed E-state index contributed by atoms with van der Waals surface area (Å²) in [6, 6.07) is 2.53. The number of aromatic nitrogens is 2. The molecule has 1 aromatic carbocycles. The highest BCUT2D eigenvalue weighted by Gasteiger charge is 2.37. The van der Waals surface area contributed by atoms with Gasteiger partial charge in [0.05, 0.1) is 34.1 Å². The number of imidazole rings is 1. The Bertz CT molecular complexity index is 1230. The van der Waals surface area contributed by atoms with Crippen LogP contribution in [0.25, 0.3) is 11.3 Å². The topological polar surface area (TPSA) is 130 Å². The SMILES string of the molecule is CCCS(=O)(=O)N1CC(CS(=O)(=O)NNC(=O)c2cc(-c3cn(C)cn3)cc(Cl)c2F)C1. The van der Waals surface area contributed by atoms with Crippen molar-refractivity contribution in [1.82, 2.24) is 24.1 Å². The van der Waals surface area contributed by atoms with Crippen molar-refractivity contribution in [2.45, 2.75) is 13.3 Å². The van der Waals surface area contributed by atoms with Crippen LogP contribution < -0.4 is 10.3 Å². The number of nitrogens with zero attached hydrogens (tertiary/aromatic N) is 3. The van der Waals surface area contributed by atoms with E-state index < -0.39 is 43.3 Å². The van der Waals surface area contributed by atoms with E-state index in [9.17, 15) is 26.0 Å². The minimum absolute atomic E-state index is 0.00641. The molecule has 1 amide bonds. The summed E-state index contributed by atoms with van der Waals surface area (Å²) in [7, 11) is -5.61. The highest BCUT2D eigenvalue weighted by molar-refractivity contribution is 7.89. The summed E-state index contributed by atoms with van der Waals surface area (Å²) >= 11 is 5.90. The lowest BCUT2D eigenvalue weighted by Gasteiger charge is -2.37. The van der Waals surface area contributed by atoms with Crippen LogP contribution in [-0.2, 0) is 27.1 Å². The lowest BCUT2D eigenvalue weighted by Crippen LogP contribution is -2.54. The summed E-state index contributed by atoms with van der Waals surface area (Å²) in [5.41, 5.74) is 2.35. The number of carbonyl (C=O) groups excluding carboxylic acids is 1. The molecule has 32 heavy (non-hydrogen) atoms. The fourth-order valence-corrected chi connectivity index (χ4v) is 6.28. The Morgan fingerprint density at radius 3 is 2.56 bits per heavy atom. The van der Waals surface area contributed by atoms with Crippen molar-refractivity contribution in [3.63, 3.8) is 0 Å². The third kappa shape index (κ3) is 5.64. The number of hydrogen-bond acceptors (Lipinski definition) is 6. The summed E-state index contributed by atoms with van der Waals surface area (Å²) in [5, 5.41) is -0.316. The molecule has 1 aliphatic heterocycles. The number of amides is 1. The largest absolute Gasteiger partial charge is 0.340 e. The zero-order valence-corrected chi connectivity index (χ0v) is 19.8. The van der Waals surface area contributed by atoms with Crippen LogP contribution in [0.3, 0.4) is 0 Å². The maximum absolute atomic E-state index is 14.4. The number of hydrogen-bond donors (Lipinski definition) is 2. The number of carbonyl (C=O) groups is 1. The van der Waals surface area contributed by atoms with Gasteiger partial charge in [-0.2, -0.15) is 0 Å². The van der Waals surface area contributed by atoms with E-state index in [0.29, 0.717) is 17.7 Å². The number of benzene rings is 1. The molecule has 1 aromatic heterocycles. The molecule has 10 nitrogen and oxygen atoms in total. The molecular formula is C18H23ClFN5O5S2. The van der Waals surface area contributed by atoms with Gasteiger partial charge in [0.25, 0.3) is 5.91 Å². The molecule has 2 N–H and O–H groups in total. The average Bonchev–Trinajstić information content (AvgIpc) is 3.11. The third-order valence-electron chi connectivity index (χ3n) is 4.83. The normalized spacial score (nSPS) is 15.5. The van der Waals surface area contributed by atoms with Gasteiger partial charge in [0.1, 0.15) is 0 Å². The summed E-state index contributed by atoms with van der Waals surface area (Å²) < 4.78 is 65.7. The van der Waals surface area contributed by atoms with Gasteiger partial charge in [-0.1, -0.05) is 18.5 Å². The van der Waals surface area contributed by atoms with E-state index in [2.05, 4.69) is 4.98 Å². The molecule has 3 rings (SSSR count). The van der Waals surface area contributed by atoms with Crippen molar-refractivity contribution < 1.29 is 26.0 Å². The highest BCUT2D eigenvalue weighted by atomic mass is 35.5. The van der Waals surface area contributed by atoms with Crippen LogP contribution in [-0.4, -0.2) is 61.2 Å². The third-order valence-corrected chi connectivity index (χ3v) is 8.44. The molecule has 1 aliphatic rings. The molecule has 0 radical (unpaired) electrons. The molecule has 1 saturated heterocycles. The van der Waals surface area contributed by atoms with E-state index in [0.717, 1.165) is 0 Å². The van der Waals surface area contributed by atoms with Crippen molar-refractivity contribution >= 4 is 37.6 Å². The molecule has 2 heterocycles. The second-order valence-corrected chi connectivity index (χ2v) is 11.8. The van der Waals surface area contributed by atoms with Gasteiger partial charge in [-0.3, -0.25) is 10.2 Å². The summed E-state index contributed by atoms with van der Waals surface area (Å²) in [6.45, 7) is 1.93. The van der Waals surface area contributed by atoms with Crippen molar-refractivity contribution in [2.24, 2.45) is 13.0 Å². The van der Waals surface area contributed by atoms with E-state index in [1.54, 1.807) is 24.7 Å². The quantitative estimate of drug-likeness (QED) is 0.489. The Morgan fingerprint density at radius 2 is 1.97 bits per heavy atom. The molecule has 14 heteroatoms. The predicted octanol–water partition coefficient (Wildman–Crippen LogP) is 1.12. The Labute approximate surface area is 190 Å². The van der Waals surface area contributed by atoms with Crippen LogP contribution in [0.1, 0.15) is 23.7 Å². The molecule has 1 fully saturated rings. The zero-order valence-electron chi connectivity index (χ0n) is 17.4. The number of halogens is 2. The molecule has 0 spiro atoms. The molecule has 2 aromatic rings. The van der Waals surface area contributed by atoms with Crippen LogP contribution >= 0.6 is 11.6 Å². The lowest BCUT2D eigenvalue weighted by atomic mass is 10.1. The van der Waals surface area contributed by atoms with Crippen molar-refractivity contribution in [3.05, 3.63) is 41.1 Å². The first-order valence-electron chi connectivity index (χ1n) is 9.67. The van der Waals surface area contributed by atoms with Crippen LogP contribution in [0, 0.1) is 11.7 Å². The molecule has 0 atom stereocenters. The second-order valence-electron chi connectivity index (χ2n) is 7.58. The number of sulfonamides is 2.